The average Bonchev–Trinajstić information content (AvgIpc) is 3.29. The highest BCUT2D eigenvalue weighted by atomic mass is 79.9. The summed E-state index contributed by atoms with van der Waals surface area (Å²) in [5.41, 5.74) is 7.00. The van der Waals surface area contributed by atoms with Crippen molar-refractivity contribution in [3.05, 3.63) is 101 Å². The zero-order valence-corrected chi connectivity index (χ0v) is 19.2. The maximum atomic E-state index is 13.1. The number of hydrogen-bond acceptors (Lipinski definition) is 4. The molecule has 1 amide bonds. The van der Waals surface area contributed by atoms with Crippen LogP contribution < -0.4 is 10.2 Å². The van der Waals surface area contributed by atoms with Crippen molar-refractivity contribution >= 4 is 27.5 Å². The quantitative estimate of drug-likeness (QED) is 0.289. The number of methoxy groups -OCH3 is 1. The number of hydrazone groups is 1. The number of aromatic nitrogens is 2. The van der Waals surface area contributed by atoms with Gasteiger partial charge in [0.05, 0.1) is 24.2 Å². The maximum Gasteiger partial charge on any atom is 0.290 e. The number of carbonyl (C=O) groups excluding carboxylic acids is 1. The molecular formula is C25H21BrN4O2. The fraction of sp³-hybridized carbons (Fsp3) is 0.0800. The predicted molar refractivity (Wildman–Crippen MR) is 129 cm³/mol. The minimum atomic E-state index is -0.349. The molecular weight excluding hydrogens is 468 g/mol. The van der Waals surface area contributed by atoms with Crippen LogP contribution in [0.5, 0.6) is 5.75 Å². The number of rotatable bonds is 6. The minimum Gasteiger partial charge on any atom is -0.497 e. The molecule has 32 heavy (non-hydrogen) atoms. The molecule has 0 spiro atoms. The first kappa shape index (κ1) is 21.5. The Morgan fingerprint density at radius 1 is 1.00 bits per heavy atom. The maximum absolute atomic E-state index is 13.1. The van der Waals surface area contributed by atoms with Gasteiger partial charge in [0.1, 0.15) is 11.4 Å². The van der Waals surface area contributed by atoms with Gasteiger partial charge in [0, 0.05) is 10.0 Å². The lowest BCUT2D eigenvalue weighted by atomic mass is 10.1. The van der Waals surface area contributed by atoms with Gasteiger partial charge < -0.3 is 4.74 Å². The summed E-state index contributed by atoms with van der Waals surface area (Å²) in [7, 11) is 1.62. The Kier molecular flexibility index (Phi) is 6.47. The molecule has 0 radical (unpaired) electrons. The van der Waals surface area contributed by atoms with Crippen molar-refractivity contribution in [2.24, 2.45) is 5.10 Å². The highest BCUT2D eigenvalue weighted by Crippen LogP contribution is 2.24. The van der Waals surface area contributed by atoms with E-state index < -0.39 is 0 Å². The van der Waals surface area contributed by atoms with Crippen LogP contribution in [0.3, 0.4) is 0 Å². The lowest BCUT2D eigenvalue weighted by Crippen LogP contribution is -2.22. The number of halogens is 1. The molecule has 0 saturated carbocycles. The van der Waals surface area contributed by atoms with Gasteiger partial charge in [0.15, 0.2) is 0 Å². The van der Waals surface area contributed by atoms with Crippen LogP contribution in [0.25, 0.3) is 16.9 Å². The number of nitrogens with one attached hydrogen (secondary N) is 1. The molecule has 0 saturated heterocycles. The van der Waals surface area contributed by atoms with Gasteiger partial charge in [0.25, 0.3) is 5.91 Å². The Hall–Kier alpha value is -3.71. The van der Waals surface area contributed by atoms with Crippen LogP contribution in [-0.4, -0.2) is 28.5 Å². The van der Waals surface area contributed by atoms with Crippen molar-refractivity contribution in [2.45, 2.75) is 6.92 Å². The molecule has 0 aliphatic heterocycles. The summed E-state index contributed by atoms with van der Waals surface area (Å²) in [5, 5.41) is 8.97. The van der Waals surface area contributed by atoms with E-state index in [0.29, 0.717) is 17.1 Å². The highest BCUT2D eigenvalue weighted by molar-refractivity contribution is 9.10. The standard InChI is InChI=1S/C25H21BrN4O2/c1-17(18-8-12-20(26)13-9-18)27-28-25(31)24-16-23(19-10-14-22(32-2)15-11-19)29-30(24)21-6-4-3-5-7-21/h3-16H,1-2H3,(H,28,31)/b27-17+. The number of nitrogens with zero attached hydrogens (tertiary/aromatic N) is 3. The summed E-state index contributed by atoms with van der Waals surface area (Å²) in [6.45, 7) is 1.85. The summed E-state index contributed by atoms with van der Waals surface area (Å²) >= 11 is 3.42. The summed E-state index contributed by atoms with van der Waals surface area (Å²) in [6, 6.07) is 26.6. The third-order valence-electron chi connectivity index (χ3n) is 4.92. The van der Waals surface area contributed by atoms with E-state index >= 15 is 0 Å². The Bertz CT molecular complexity index is 1250. The van der Waals surface area contributed by atoms with E-state index in [2.05, 4.69) is 31.6 Å². The molecule has 4 rings (SSSR count). The molecule has 0 fully saturated rings. The van der Waals surface area contributed by atoms with Gasteiger partial charge >= 0.3 is 0 Å². The number of para-hydroxylation sites is 1. The van der Waals surface area contributed by atoms with E-state index in [0.717, 1.165) is 27.0 Å². The van der Waals surface area contributed by atoms with E-state index in [1.807, 2.05) is 85.8 Å². The topological polar surface area (TPSA) is 68.5 Å². The molecule has 0 atom stereocenters. The second kappa shape index (κ2) is 9.62. The molecule has 0 unspecified atom stereocenters. The monoisotopic (exact) mass is 488 g/mol. The van der Waals surface area contributed by atoms with E-state index in [1.54, 1.807) is 17.9 Å². The summed E-state index contributed by atoms with van der Waals surface area (Å²) < 4.78 is 7.84. The molecule has 3 aromatic carbocycles. The first-order valence-electron chi connectivity index (χ1n) is 9.95. The van der Waals surface area contributed by atoms with Gasteiger partial charge in [-0.25, -0.2) is 10.1 Å². The number of amides is 1. The lowest BCUT2D eigenvalue weighted by Gasteiger charge is -2.07. The molecule has 1 aromatic heterocycles. The van der Waals surface area contributed by atoms with Crippen LogP contribution >= 0.6 is 15.9 Å². The molecule has 1 N–H and O–H groups in total. The van der Waals surface area contributed by atoms with Crippen LogP contribution in [0, 0.1) is 0 Å². The van der Waals surface area contributed by atoms with Gasteiger partial charge in [-0.05, 0) is 67.1 Å². The Morgan fingerprint density at radius 3 is 2.34 bits per heavy atom. The lowest BCUT2D eigenvalue weighted by molar-refractivity contribution is 0.0947. The van der Waals surface area contributed by atoms with Gasteiger partial charge in [-0.15, -0.1) is 0 Å². The van der Waals surface area contributed by atoms with Crippen LogP contribution in [0.15, 0.2) is 94.5 Å². The highest BCUT2D eigenvalue weighted by Gasteiger charge is 2.17. The third kappa shape index (κ3) is 4.78. The smallest absolute Gasteiger partial charge is 0.290 e. The molecule has 7 heteroatoms. The van der Waals surface area contributed by atoms with Crippen molar-refractivity contribution < 1.29 is 9.53 Å². The van der Waals surface area contributed by atoms with Crippen LogP contribution in [-0.2, 0) is 0 Å². The van der Waals surface area contributed by atoms with Gasteiger partial charge in [-0.3, -0.25) is 4.79 Å². The van der Waals surface area contributed by atoms with E-state index in [9.17, 15) is 4.79 Å². The van der Waals surface area contributed by atoms with Gasteiger partial charge in [-0.1, -0.05) is 46.3 Å². The SMILES string of the molecule is COc1ccc(-c2cc(C(=O)N/N=C(\C)c3ccc(Br)cc3)n(-c3ccccc3)n2)cc1. The van der Waals surface area contributed by atoms with Gasteiger partial charge in [-0.2, -0.15) is 10.2 Å². The molecule has 6 nitrogen and oxygen atoms in total. The minimum absolute atomic E-state index is 0.349. The van der Waals surface area contributed by atoms with Gasteiger partial charge in [0.2, 0.25) is 0 Å². The number of hydrogen-bond donors (Lipinski definition) is 1. The second-order valence-corrected chi connectivity index (χ2v) is 7.95. The fourth-order valence-corrected chi connectivity index (χ4v) is 3.42. The first-order valence-corrected chi connectivity index (χ1v) is 10.7. The van der Waals surface area contributed by atoms with E-state index in [-0.39, 0.29) is 5.91 Å². The Morgan fingerprint density at radius 2 is 1.69 bits per heavy atom. The molecule has 1 heterocycles. The molecule has 4 aromatic rings. The number of benzene rings is 3. The zero-order chi connectivity index (χ0) is 22.5. The third-order valence-corrected chi connectivity index (χ3v) is 5.44. The summed E-state index contributed by atoms with van der Waals surface area (Å²) in [5.74, 6) is 0.407. The molecule has 0 aliphatic rings. The van der Waals surface area contributed by atoms with E-state index in [4.69, 9.17) is 4.74 Å². The van der Waals surface area contributed by atoms with Crippen LogP contribution in [0.2, 0.25) is 0 Å². The van der Waals surface area contributed by atoms with Crippen LogP contribution in [0.1, 0.15) is 23.0 Å². The fourth-order valence-electron chi connectivity index (χ4n) is 3.16. The van der Waals surface area contributed by atoms with Crippen molar-refractivity contribution in [1.29, 1.82) is 0 Å². The molecule has 0 bridgehead atoms. The number of ether oxygens (including phenoxy) is 1. The zero-order valence-electron chi connectivity index (χ0n) is 17.6. The predicted octanol–water partition coefficient (Wildman–Crippen LogP) is 5.46. The Labute approximate surface area is 194 Å². The largest absolute Gasteiger partial charge is 0.497 e. The van der Waals surface area contributed by atoms with Crippen LogP contribution in [0.4, 0.5) is 0 Å². The summed E-state index contributed by atoms with van der Waals surface area (Å²) in [6.07, 6.45) is 0. The number of carbonyl (C=O) groups is 1. The first-order chi connectivity index (χ1) is 15.5. The summed E-state index contributed by atoms with van der Waals surface area (Å²) in [4.78, 5) is 13.1. The molecule has 160 valence electrons. The van der Waals surface area contributed by atoms with Crippen molar-refractivity contribution in [3.63, 3.8) is 0 Å². The molecule has 0 aliphatic carbocycles. The second-order valence-electron chi connectivity index (χ2n) is 7.04. The average molecular weight is 489 g/mol. The van der Waals surface area contributed by atoms with E-state index in [1.165, 1.54) is 0 Å². The van der Waals surface area contributed by atoms with Crippen molar-refractivity contribution in [1.82, 2.24) is 15.2 Å². The van der Waals surface area contributed by atoms with Crippen molar-refractivity contribution in [2.75, 3.05) is 7.11 Å². The van der Waals surface area contributed by atoms with Crippen molar-refractivity contribution in [3.8, 4) is 22.7 Å². The Balaban J connectivity index is 1.66. The normalized spacial score (nSPS) is 11.3.